The predicted molar refractivity (Wildman–Crippen MR) is 88.1 cm³/mol. The Morgan fingerprint density at radius 2 is 2.21 bits per heavy atom. The zero-order valence-corrected chi connectivity index (χ0v) is 14.5. The Kier molecular flexibility index (Phi) is 7.17. The number of carbonyl (C=O) groups is 2. The maximum Gasteiger partial charge on any atom is 0.222 e. The van der Waals surface area contributed by atoms with E-state index in [2.05, 4.69) is 15.5 Å². The largest absolute Gasteiger partial charge is 0.383 e. The molecule has 0 unspecified atom stereocenters. The van der Waals surface area contributed by atoms with Crippen molar-refractivity contribution >= 4 is 11.8 Å². The molecule has 24 heavy (non-hydrogen) atoms. The molecule has 1 aromatic heterocycles. The number of carbonyl (C=O) groups excluding carboxylic acids is 2. The molecular weight excluding hydrogens is 310 g/mol. The van der Waals surface area contributed by atoms with Gasteiger partial charge in [0.15, 0.2) is 5.82 Å². The monoisotopic (exact) mass is 337 g/mol. The van der Waals surface area contributed by atoms with Crippen molar-refractivity contribution < 1.29 is 14.3 Å². The first-order valence-corrected chi connectivity index (χ1v) is 8.55. The van der Waals surface area contributed by atoms with Gasteiger partial charge >= 0.3 is 0 Å². The lowest BCUT2D eigenvalue weighted by molar-refractivity contribution is -0.131. The van der Waals surface area contributed by atoms with Crippen molar-refractivity contribution in [3.05, 3.63) is 12.2 Å². The summed E-state index contributed by atoms with van der Waals surface area (Å²) in [4.78, 5) is 25.9. The van der Waals surface area contributed by atoms with E-state index in [4.69, 9.17) is 4.74 Å². The summed E-state index contributed by atoms with van der Waals surface area (Å²) in [6.07, 6.45) is 5.60. The molecule has 1 aromatic rings. The normalized spacial score (nSPS) is 16.8. The zero-order chi connectivity index (χ0) is 17.4. The van der Waals surface area contributed by atoms with Gasteiger partial charge in [-0.15, -0.1) is 10.2 Å². The molecule has 0 aliphatic carbocycles. The van der Waals surface area contributed by atoms with Crippen LogP contribution < -0.4 is 5.32 Å². The molecule has 1 saturated heterocycles. The highest BCUT2D eigenvalue weighted by Gasteiger charge is 2.19. The van der Waals surface area contributed by atoms with Crippen LogP contribution in [-0.2, 0) is 20.9 Å². The Bertz CT molecular complexity index is 546. The van der Waals surface area contributed by atoms with E-state index in [1.165, 1.54) is 0 Å². The van der Waals surface area contributed by atoms with E-state index in [0.29, 0.717) is 38.4 Å². The van der Waals surface area contributed by atoms with E-state index in [9.17, 15) is 9.59 Å². The Balaban J connectivity index is 1.81. The summed E-state index contributed by atoms with van der Waals surface area (Å²) in [5.41, 5.74) is 0. The van der Waals surface area contributed by atoms with E-state index in [1.807, 2.05) is 11.5 Å². The lowest BCUT2D eigenvalue weighted by Crippen LogP contribution is -2.36. The second-order valence-electron chi connectivity index (χ2n) is 6.11. The van der Waals surface area contributed by atoms with Crippen LogP contribution in [0, 0.1) is 0 Å². The van der Waals surface area contributed by atoms with Gasteiger partial charge in [0, 0.05) is 39.6 Å². The fraction of sp³-hybridized carbons (Fsp3) is 0.750. The van der Waals surface area contributed by atoms with Crippen LogP contribution in [0.1, 0.15) is 50.9 Å². The SMILES string of the molecule is COCCn1cnnc1[C@@H](C)NC(=O)CCN1CCCCCC1=O. The van der Waals surface area contributed by atoms with Crippen molar-refractivity contribution in [2.45, 2.75) is 51.6 Å². The Hall–Kier alpha value is -1.96. The number of amides is 2. The van der Waals surface area contributed by atoms with E-state index < -0.39 is 0 Å². The highest BCUT2D eigenvalue weighted by Crippen LogP contribution is 2.12. The second-order valence-corrected chi connectivity index (χ2v) is 6.11. The molecule has 0 radical (unpaired) electrons. The zero-order valence-electron chi connectivity index (χ0n) is 14.5. The van der Waals surface area contributed by atoms with Crippen LogP contribution in [0.2, 0.25) is 0 Å². The molecule has 8 nitrogen and oxygen atoms in total. The van der Waals surface area contributed by atoms with Crippen LogP contribution in [0.4, 0.5) is 0 Å². The van der Waals surface area contributed by atoms with Gasteiger partial charge in [-0.05, 0) is 19.8 Å². The summed E-state index contributed by atoms with van der Waals surface area (Å²) in [5, 5.41) is 10.9. The molecule has 2 rings (SSSR count). The van der Waals surface area contributed by atoms with Gasteiger partial charge in [-0.1, -0.05) is 6.42 Å². The molecule has 0 bridgehead atoms. The number of ether oxygens (including phenoxy) is 1. The highest BCUT2D eigenvalue weighted by molar-refractivity contribution is 5.79. The van der Waals surface area contributed by atoms with Crippen LogP contribution in [0.3, 0.4) is 0 Å². The lowest BCUT2D eigenvalue weighted by atomic mass is 10.2. The van der Waals surface area contributed by atoms with E-state index in [1.54, 1.807) is 18.3 Å². The third kappa shape index (κ3) is 5.30. The average molecular weight is 337 g/mol. The molecule has 0 spiro atoms. The minimum Gasteiger partial charge on any atom is -0.383 e. The summed E-state index contributed by atoms with van der Waals surface area (Å²) in [6, 6.07) is -0.239. The second kappa shape index (κ2) is 9.36. The number of aromatic nitrogens is 3. The van der Waals surface area contributed by atoms with Crippen molar-refractivity contribution in [2.24, 2.45) is 0 Å². The maximum atomic E-state index is 12.2. The molecule has 0 saturated carbocycles. The van der Waals surface area contributed by atoms with E-state index in [-0.39, 0.29) is 17.9 Å². The first kappa shape index (κ1) is 18.4. The number of rotatable bonds is 8. The van der Waals surface area contributed by atoms with Crippen molar-refractivity contribution in [2.75, 3.05) is 26.8 Å². The Morgan fingerprint density at radius 3 is 3.00 bits per heavy atom. The van der Waals surface area contributed by atoms with Crippen molar-refractivity contribution in [1.29, 1.82) is 0 Å². The van der Waals surface area contributed by atoms with Crippen LogP contribution in [-0.4, -0.2) is 58.3 Å². The van der Waals surface area contributed by atoms with Gasteiger partial charge in [-0.25, -0.2) is 0 Å². The Labute approximate surface area is 142 Å². The number of nitrogens with zero attached hydrogens (tertiary/aromatic N) is 4. The van der Waals surface area contributed by atoms with Gasteiger partial charge < -0.3 is 19.5 Å². The Morgan fingerprint density at radius 1 is 1.38 bits per heavy atom. The van der Waals surface area contributed by atoms with Crippen LogP contribution in [0.25, 0.3) is 0 Å². The number of hydrogen-bond acceptors (Lipinski definition) is 5. The molecule has 2 amide bonds. The summed E-state index contributed by atoms with van der Waals surface area (Å²) in [6.45, 7) is 4.31. The maximum absolute atomic E-state index is 12.2. The third-order valence-corrected chi connectivity index (χ3v) is 4.23. The van der Waals surface area contributed by atoms with Crippen LogP contribution in [0.5, 0.6) is 0 Å². The van der Waals surface area contributed by atoms with E-state index in [0.717, 1.165) is 25.8 Å². The molecular formula is C16H27N5O3. The van der Waals surface area contributed by atoms with E-state index >= 15 is 0 Å². The molecule has 8 heteroatoms. The first-order chi connectivity index (χ1) is 11.6. The number of hydrogen-bond donors (Lipinski definition) is 1. The fourth-order valence-electron chi connectivity index (χ4n) is 2.85. The summed E-state index contributed by atoms with van der Waals surface area (Å²) in [7, 11) is 1.64. The minimum atomic E-state index is -0.239. The molecule has 1 atom stereocenters. The minimum absolute atomic E-state index is 0.0826. The van der Waals surface area contributed by atoms with Gasteiger partial charge in [0.25, 0.3) is 0 Å². The smallest absolute Gasteiger partial charge is 0.222 e. The first-order valence-electron chi connectivity index (χ1n) is 8.55. The summed E-state index contributed by atoms with van der Waals surface area (Å²) < 4.78 is 6.92. The number of nitrogens with one attached hydrogen (secondary N) is 1. The fourth-order valence-corrected chi connectivity index (χ4v) is 2.85. The third-order valence-electron chi connectivity index (χ3n) is 4.23. The molecule has 1 aliphatic heterocycles. The van der Waals surface area contributed by atoms with Gasteiger partial charge in [-0.3, -0.25) is 9.59 Å². The van der Waals surface area contributed by atoms with Gasteiger partial charge in [-0.2, -0.15) is 0 Å². The van der Waals surface area contributed by atoms with Crippen LogP contribution >= 0.6 is 0 Å². The molecule has 134 valence electrons. The van der Waals surface area contributed by atoms with Crippen LogP contribution in [0.15, 0.2) is 6.33 Å². The molecule has 1 N–H and O–H groups in total. The lowest BCUT2D eigenvalue weighted by Gasteiger charge is -2.21. The summed E-state index contributed by atoms with van der Waals surface area (Å²) >= 11 is 0. The highest BCUT2D eigenvalue weighted by atomic mass is 16.5. The van der Waals surface area contributed by atoms with Crippen molar-refractivity contribution in [3.8, 4) is 0 Å². The average Bonchev–Trinajstić information content (AvgIpc) is 2.94. The summed E-state index contributed by atoms with van der Waals surface area (Å²) in [5.74, 6) is 0.778. The van der Waals surface area contributed by atoms with Crippen molar-refractivity contribution in [1.82, 2.24) is 25.0 Å². The standard InChI is InChI=1S/C16H27N5O3/c1-13(16-19-17-12-21(16)10-11-24-2)18-14(22)7-9-20-8-5-3-4-6-15(20)23/h12-13H,3-11H2,1-2H3,(H,18,22)/t13-/m1/s1. The van der Waals surface area contributed by atoms with Gasteiger partial charge in [0.2, 0.25) is 11.8 Å². The number of likely N-dealkylation sites (tertiary alicyclic amines) is 1. The molecule has 1 fully saturated rings. The van der Waals surface area contributed by atoms with Gasteiger partial charge in [0.1, 0.15) is 6.33 Å². The quantitative estimate of drug-likeness (QED) is 0.761. The predicted octanol–water partition coefficient (Wildman–Crippen LogP) is 0.894. The molecule has 2 heterocycles. The van der Waals surface area contributed by atoms with Gasteiger partial charge in [0.05, 0.1) is 12.6 Å². The molecule has 1 aliphatic rings. The topological polar surface area (TPSA) is 89.3 Å². The number of methoxy groups -OCH3 is 1. The molecule has 0 aromatic carbocycles. The van der Waals surface area contributed by atoms with Crippen molar-refractivity contribution in [3.63, 3.8) is 0 Å².